The van der Waals surface area contributed by atoms with E-state index in [-0.39, 0.29) is 6.03 Å². The molecular weight excluding hydrogens is 188 g/mol. The topological polar surface area (TPSA) is 58.1 Å². The monoisotopic (exact) mass is 200 g/mol. The van der Waals surface area contributed by atoms with Crippen LogP contribution in [0.1, 0.15) is 13.8 Å². The second kappa shape index (κ2) is 4.76. The van der Waals surface area contributed by atoms with Crippen LogP contribution in [0.15, 0.2) is 5.38 Å². The first-order valence-electron chi connectivity index (χ1n) is 4.10. The van der Waals surface area contributed by atoms with Crippen LogP contribution >= 0.6 is 11.5 Å². The molecule has 0 saturated carbocycles. The van der Waals surface area contributed by atoms with Gasteiger partial charge < -0.3 is 4.90 Å². The van der Waals surface area contributed by atoms with Crippen molar-refractivity contribution in [1.82, 2.24) is 14.5 Å². The number of amides is 2. The number of hydrogen-bond donors (Lipinski definition) is 1. The van der Waals surface area contributed by atoms with Crippen molar-refractivity contribution in [2.45, 2.75) is 13.8 Å². The summed E-state index contributed by atoms with van der Waals surface area (Å²) in [6.45, 7) is 5.25. The Labute approximate surface area is 80.9 Å². The lowest BCUT2D eigenvalue weighted by atomic mass is 10.5. The van der Waals surface area contributed by atoms with Gasteiger partial charge in [-0.25, -0.2) is 4.79 Å². The molecule has 5 nitrogen and oxygen atoms in total. The standard InChI is InChI=1S/C7H12N4OS/c1-3-11(4-2)7(12)8-6-5-13-10-9-6/h5H,3-4H2,1-2H3,(H,8,12). The van der Waals surface area contributed by atoms with Crippen molar-refractivity contribution in [2.24, 2.45) is 0 Å². The van der Waals surface area contributed by atoms with E-state index in [1.807, 2.05) is 13.8 Å². The molecule has 0 aliphatic carbocycles. The lowest BCUT2D eigenvalue weighted by molar-refractivity contribution is 0.217. The zero-order valence-corrected chi connectivity index (χ0v) is 8.47. The van der Waals surface area contributed by atoms with Crippen LogP contribution in [0.3, 0.4) is 0 Å². The summed E-state index contributed by atoms with van der Waals surface area (Å²) in [5, 5.41) is 8.06. The molecule has 1 aromatic heterocycles. The molecule has 0 atom stereocenters. The smallest absolute Gasteiger partial charge is 0.323 e. The molecule has 1 N–H and O–H groups in total. The first kappa shape index (κ1) is 9.91. The molecule has 1 rings (SSSR count). The number of carbonyl (C=O) groups is 1. The van der Waals surface area contributed by atoms with Crippen molar-refractivity contribution < 1.29 is 4.79 Å². The number of nitrogens with zero attached hydrogens (tertiary/aromatic N) is 3. The lowest BCUT2D eigenvalue weighted by Gasteiger charge is -2.17. The Kier molecular flexibility index (Phi) is 3.63. The molecule has 13 heavy (non-hydrogen) atoms. The number of anilines is 1. The second-order valence-electron chi connectivity index (χ2n) is 2.39. The van der Waals surface area contributed by atoms with Gasteiger partial charge in [0.05, 0.1) is 5.38 Å². The summed E-state index contributed by atoms with van der Waals surface area (Å²) < 4.78 is 3.64. The number of rotatable bonds is 3. The van der Waals surface area contributed by atoms with E-state index in [4.69, 9.17) is 0 Å². The highest BCUT2D eigenvalue weighted by molar-refractivity contribution is 7.03. The molecule has 0 aromatic carbocycles. The molecule has 0 spiro atoms. The SMILES string of the molecule is CCN(CC)C(=O)Nc1csnn1. The predicted molar refractivity (Wildman–Crippen MR) is 51.8 cm³/mol. The minimum atomic E-state index is -0.127. The van der Waals surface area contributed by atoms with E-state index in [0.29, 0.717) is 18.9 Å². The van der Waals surface area contributed by atoms with Crippen LogP contribution in [0.25, 0.3) is 0 Å². The Morgan fingerprint density at radius 2 is 2.31 bits per heavy atom. The van der Waals surface area contributed by atoms with Gasteiger partial charge in [0, 0.05) is 13.1 Å². The molecule has 0 fully saturated rings. The second-order valence-corrected chi connectivity index (χ2v) is 3.00. The predicted octanol–water partition coefficient (Wildman–Crippen LogP) is 1.41. The maximum absolute atomic E-state index is 11.4. The Hall–Kier alpha value is -1.17. The molecule has 6 heteroatoms. The highest BCUT2D eigenvalue weighted by atomic mass is 32.1. The normalized spacial score (nSPS) is 9.69. The van der Waals surface area contributed by atoms with Crippen molar-refractivity contribution in [3.63, 3.8) is 0 Å². The quantitative estimate of drug-likeness (QED) is 0.802. The summed E-state index contributed by atoms with van der Waals surface area (Å²) in [4.78, 5) is 13.1. The average molecular weight is 200 g/mol. The minimum Gasteiger partial charge on any atom is -0.325 e. The fourth-order valence-corrected chi connectivity index (χ4v) is 1.31. The van der Waals surface area contributed by atoms with Gasteiger partial charge in [-0.3, -0.25) is 5.32 Å². The van der Waals surface area contributed by atoms with Crippen molar-refractivity contribution in [1.29, 1.82) is 0 Å². The summed E-state index contributed by atoms with van der Waals surface area (Å²) in [6.07, 6.45) is 0. The van der Waals surface area contributed by atoms with Crippen LogP contribution in [-0.2, 0) is 0 Å². The third-order valence-corrected chi connectivity index (χ3v) is 2.15. The summed E-state index contributed by atoms with van der Waals surface area (Å²) in [7, 11) is 0. The zero-order valence-electron chi connectivity index (χ0n) is 7.65. The van der Waals surface area contributed by atoms with Crippen LogP contribution in [-0.4, -0.2) is 33.6 Å². The fourth-order valence-electron chi connectivity index (χ4n) is 0.919. The third kappa shape index (κ3) is 2.66. The first-order valence-corrected chi connectivity index (χ1v) is 4.94. The summed E-state index contributed by atoms with van der Waals surface area (Å²) >= 11 is 1.21. The summed E-state index contributed by atoms with van der Waals surface area (Å²) in [6, 6.07) is -0.127. The Bertz CT molecular complexity index is 257. The van der Waals surface area contributed by atoms with E-state index in [1.165, 1.54) is 11.5 Å². The van der Waals surface area contributed by atoms with Gasteiger partial charge in [-0.15, -0.1) is 5.10 Å². The van der Waals surface area contributed by atoms with Crippen molar-refractivity contribution in [3.8, 4) is 0 Å². The highest BCUT2D eigenvalue weighted by Gasteiger charge is 2.09. The van der Waals surface area contributed by atoms with E-state index in [1.54, 1.807) is 10.3 Å². The molecule has 0 unspecified atom stereocenters. The van der Waals surface area contributed by atoms with Crippen LogP contribution < -0.4 is 5.32 Å². The van der Waals surface area contributed by atoms with E-state index in [0.717, 1.165) is 0 Å². The van der Waals surface area contributed by atoms with Crippen LogP contribution in [0.4, 0.5) is 10.6 Å². The molecule has 0 aliphatic heterocycles. The number of aromatic nitrogens is 2. The lowest BCUT2D eigenvalue weighted by Crippen LogP contribution is -2.34. The molecule has 72 valence electrons. The van der Waals surface area contributed by atoms with Gasteiger partial charge in [0.25, 0.3) is 0 Å². The minimum absolute atomic E-state index is 0.127. The first-order chi connectivity index (χ1) is 6.27. The van der Waals surface area contributed by atoms with E-state index in [2.05, 4.69) is 14.9 Å². The maximum atomic E-state index is 11.4. The molecule has 1 aromatic rings. The molecule has 0 radical (unpaired) electrons. The van der Waals surface area contributed by atoms with Gasteiger partial charge in [0.1, 0.15) is 0 Å². The molecule has 0 saturated heterocycles. The Morgan fingerprint density at radius 1 is 1.62 bits per heavy atom. The summed E-state index contributed by atoms with van der Waals surface area (Å²) in [5.41, 5.74) is 0. The van der Waals surface area contributed by atoms with Crippen LogP contribution in [0.5, 0.6) is 0 Å². The number of hydrogen-bond acceptors (Lipinski definition) is 4. The van der Waals surface area contributed by atoms with E-state index < -0.39 is 0 Å². The summed E-state index contributed by atoms with van der Waals surface area (Å²) in [5.74, 6) is 0.516. The number of nitrogens with one attached hydrogen (secondary N) is 1. The third-order valence-electron chi connectivity index (χ3n) is 1.65. The van der Waals surface area contributed by atoms with Gasteiger partial charge in [-0.05, 0) is 25.4 Å². The van der Waals surface area contributed by atoms with E-state index >= 15 is 0 Å². The Balaban J connectivity index is 2.49. The zero-order chi connectivity index (χ0) is 9.68. The highest BCUT2D eigenvalue weighted by Crippen LogP contribution is 2.04. The van der Waals surface area contributed by atoms with Crippen molar-refractivity contribution >= 4 is 23.4 Å². The average Bonchev–Trinajstić information content (AvgIpc) is 2.59. The molecular formula is C7H12N4OS. The van der Waals surface area contributed by atoms with Gasteiger partial charge >= 0.3 is 6.03 Å². The van der Waals surface area contributed by atoms with Gasteiger partial charge in [-0.1, -0.05) is 4.49 Å². The number of urea groups is 1. The fraction of sp³-hybridized carbons (Fsp3) is 0.571. The number of carbonyl (C=O) groups excluding carboxylic acids is 1. The van der Waals surface area contributed by atoms with Gasteiger partial charge in [-0.2, -0.15) is 0 Å². The van der Waals surface area contributed by atoms with E-state index in [9.17, 15) is 4.79 Å². The Morgan fingerprint density at radius 3 is 2.77 bits per heavy atom. The van der Waals surface area contributed by atoms with Crippen LogP contribution in [0, 0.1) is 0 Å². The van der Waals surface area contributed by atoms with Crippen LogP contribution in [0.2, 0.25) is 0 Å². The maximum Gasteiger partial charge on any atom is 0.323 e. The van der Waals surface area contributed by atoms with Crippen molar-refractivity contribution in [2.75, 3.05) is 18.4 Å². The van der Waals surface area contributed by atoms with Crippen molar-refractivity contribution in [3.05, 3.63) is 5.38 Å². The van der Waals surface area contributed by atoms with Gasteiger partial charge in [0.2, 0.25) is 0 Å². The molecule has 0 aliphatic rings. The molecule has 0 bridgehead atoms. The molecule has 2 amide bonds. The van der Waals surface area contributed by atoms with Gasteiger partial charge in [0.15, 0.2) is 5.82 Å². The largest absolute Gasteiger partial charge is 0.325 e. The molecule has 1 heterocycles.